The molecule has 1 N–H and O–H groups in total. The molecule has 1 aliphatic carbocycles. The van der Waals surface area contributed by atoms with Crippen LogP contribution in [0.25, 0.3) is 0 Å². The third-order valence-electron chi connectivity index (χ3n) is 5.08. The summed E-state index contributed by atoms with van der Waals surface area (Å²) in [5.41, 5.74) is -0.388. The Bertz CT molecular complexity index is 735. The molecule has 0 unspecified atom stereocenters. The van der Waals surface area contributed by atoms with Crippen LogP contribution in [-0.4, -0.2) is 36.3 Å². The van der Waals surface area contributed by atoms with Crippen molar-refractivity contribution in [2.75, 3.05) is 13.6 Å². The van der Waals surface area contributed by atoms with Gasteiger partial charge in [0.25, 0.3) is 0 Å². The van der Waals surface area contributed by atoms with Crippen LogP contribution < -0.4 is 5.32 Å². The van der Waals surface area contributed by atoms with E-state index in [0.717, 1.165) is 25.3 Å². The molecule has 1 aromatic carbocycles. The predicted molar refractivity (Wildman–Crippen MR) is 96.7 cm³/mol. The zero-order chi connectivity index (χ0) is 19.5. The fraction of sp³-hybridized carbons (Fsp3) is 0.550. The number of carbonyl (C=O) groups excluding carboxylic acids is 2. The van der Waals surface area contributed by atoms with Gasteiger partial charge in [-0.25, -0.2) is 4.39 Å². The predicted octanol–water partition coefficient (Wildman–Crippen LogP) is 2.74. The second kappa shape index (κ2) is 7.86. The van der Waals surface area contributed by atoms with E-state index >= 15 is 0 Å². The molecule has 140 valence electrons. The van der Waals surface area contributed by atoms with Crippen molar-refractivity contribution >= 4 is 11.8 Å². The van der Waals surface area contributed by atoms with Crippen molar-refractivity contribution in [3.05, 3.63) is 35.1 Å². The number of likely N-dealkylation sites (N-methyl/N-ethyl adjacent to an activating group) is 1. The topological polar surface area (TPSA) is 73.2 Å². The number of amides is 2. The van der Waals surface area contributed by atoms with Gasteiger partial charge in [-0.05, 0) is 56.9 Å². The van der Waals surface area contributed by atoms with Crippen molar-refractivity contribution < 1.29 is 14.0 Å². The molecule has 2 rings (SSSR count). The standard InChI is InChI=1S/C20H26FN3O2/c1-13(18(25)23-17-6-5-7-17)12-24(4)19(26)20(2,3)15-8-14(11-22)9-16(21)10-15/h8-10,13,17H,5-7,12H2,1-4H3,(H,23,25)/t13-/m1/s1. The van der Waals surface area contributed by atoms with Crippen molar-refractivity contribution in [3.8, 4) is 6.07 Å². The van der Waals surface area contributed by atoms with Crippen LogP contribution in [0.5, 0.6) is 0 Å². The van der Waals surface area contributed by atoms with E-state index in [4.69, 9.17) is 5.26 Å². The Balaban J connectivity index is 2.06. The molecular weight excluding hydrogens is 333 g/mol. The van der Waals surface area contributed by atoms with Gasteiger partial charge < -0.3 is 10.2 Å². The molecular formula is C20H26FN3O2. The molecule has 0 spiro atoms. The van der Waals surface area contributed by atoms with Gasteiger partial charge in [0.2, 0.25) is 11.8 Å². The molecule has 1 saturated carbocycles. The average Bonchev–Trinajstić information content (AvgIpc) is 2.56. The third-order valence-corrected chi connectivity index (χ3v) is 5.08. The molecule has 0 radical (unpaired) electrons. The van der Waals surface area contributed by atoms with E-state index < -0.39 is 11.2 Å². The number of benzene rings is 1. The van der Waals surface area contributed by atoms with E-state index in [-0.39, 0.29) is 35.9 Å². The minimum atomic E-state index is -1.01. The second-order valence-electron chi connectivity index (χ2n) is 7.69. The first-order chi connectivity index (χ1) is 12.1. The normalized spacial score (nSPS) is 15.5. The van der Waals surface area contributed by atoms with Gasteiger partial charge in [-0.2, -0.15) is 5.26 Å². The zero-order valence-electron chi connectivity index (χ0n) is 15.8. The van der Waals surface area contributed by atoms with Gasteiger partial charge in [0.15, 0.2) is 0 Å². The summed E-state index contributed by atoms with van der Waals surface area (Å²) in [7, 11) is 1.64. The van der Waals surface area contributed by atoms with Gasteiger partial charge in [-0.1, -0.05) is 6.92 Å². The van der Waals surface area contributed by atoms with Crippen LogP contribution in [-0.2, 0) is 15.0 Å². The van der Waals surface area contributed by atoms with E-state index in [2.05, 4.69) is 5.32 Å². The van der Waals surface area contributed by atoms with Gasteiger partial charge in [-0.15, -0.1) is 0 Å². The Hall–Kier alpha value is -2.42. The van der Waals surface area contributed by atoms with Crippen LogP contribution in [0.1, 0.15) is 51.2 Å². The summed E-state index contributed by atoms with van der Waals surface area (Å²) in [5, 5.41) is 12.0. The lowest BCUT2D eigenvalue weighted by molar-refractivity contribution is -0.136. The van der Waals surface area contributed by atoms with Crippen LogP contribution >= 0.6 is 0 Å². The van der Waals surface area contributed by atoms with E-state index in [9.17, 15) is 14.0 Å². The molecule has 2 amide bonds. The highest BCUT2D eigenvalue weighted by Crippen LogP contribution is 2.27. The number of hydrogen-bond donors (Lipinski definition) is 1. The minimum absolute atomic E-state index is 0.0512. The zero-order valence-corrected chi connectivity index (χ0v) is 15.8. The Morgan fingerprint density at radius 1 is 1.38 bits per heavy atom. The Kier molecular flexibility index (Phi) is 6.01. The molecule has 0 saturated heterocycles. The summed E-state index contributed by atoms with van der Waals surface area (Å²) in [5.74, 6) is -1.15. The Morgan fingerprint density at radius 3 is 2.58 bits per heavy atom. The van der Waals surface area contributed by atoms with Crippen molar-refractivity contribution in [1.82, 2.24) is 10.2 Å². The maximum absolute atomic E-state index is 13.8. The number of nitrogens with zero attached hydrogens (tertiary/aromatic N) is 2. The molecule has 1 aromatic rings. The first-order valence-corrected chi connectivity index (χ1v) is 8.92. The molecule has 0 aromatic heterocycles. The minimum Gasteiger partial charge on any atom is -0.353 e. The van der Waals surface area contributed by atoms with E-state index in [0.29, 0.717) is 5.56 Å². The largest absolute Gasteiger partial charge is 0.353 e. The van der Waals surface area contributed by atoms with Crippen molar-refractivity contribution in [1.29, 1.82) is 5.26 Å². The van der Waals surface area contributed by atoms with Crippen LogP contribution in [0.4, 0.5) is 4.39 Å². The van der Waals surface area contributed by atoms with Crippen LogP contribution in [0.2, 0.25) is 0 Å². The van der Waals surface area contributed by atoms with Crippen molar-refractivity contribution in [2.24, 2.45) is 5.92 Å². The molecule has 0 heterocycles. The molecule has 0 aliphatic heterocycles. The summed E-state index contributed by atoms with van der Waals surface area (Å²) in [6.45, 7) is 5.46. The van der Waals surface area contributed by atoms with Crippen LogP contribution in [0, 0.1) is 23.1 Å². The number of carbonyl (C=O) groups is 2. The molecule has 1 fully saturated rings. The fourth-order valence-corrected chi connectivity index (χ4v) is 3.09. The first kappa shape index (κ1) is 19.9. The smallest absolute Gasteiger partial charge is 0.232 e. The SMILES string of the molecule is C[C@H](CN(C)C(=O)C(C)(C)c1cc(F)cc(C#N)c1)C(=O)NC1CCC1. The highest BCUT2D eigenvalue weighted by Gasteiger charge is 2.34. The monoisotopic (exact) mass is 359 g/mol. The van der Waals surface area contributed by atoms with Crippen molar-refractivity contribution in [2.45, 2.75) is 51.5 Å². The summed E-state index contributed by atoms with van der Waals surface area (Å²) in [6.07, 6.45) is 3.17. The van der Waals surface area contributed by atoms with Gasteiger partial charge in [0.1, 0.15) is 5.82 Å². The van der Waals surface area contributed by atoms with Crippen LogP contribution in [0.15, 0.2) is 18.2 Å². The lowest BCUT2D eigenvalue weighted by atomic mass is 9.82. The van der Waals surface area contributed by atoms with Gasteiger partial charge >= 0.3 is 0 Å². The molecule has 0 bridgehead atoms. The maximum Gasteiger partial charge on any atom is 0.232 e. The molecule has 1 aliphatic rings. The molecule has 6 heteroatoms. The highest BCUT2D eigenvalue weighted by atomic mass is 19.1. The van der Waals surface area contributed by atoms with Gasteiger partial charge in [-0.3, -0.25) is 9.59 Å². The summed E-state index contributed by atoms with van der Waals surface area (Å²) >= 11 is 0. The third kappa shape index (κ3) is 4.40. The maximum atomic E-state index is 13.8. The molecule has 26 heavy (non-hydrogen) atoms. The number of rotatable bonds is 6. The Morgan fingerprint density at radius 2 is 2.04 bits per heavy atom. The van der Waals surface area contributed by atoms with Crippen molar-refractivity contribution in [3.63, 3.8) is 0 Å². The number of hydrogen-bond acceptors (Lipinski definition) is 3. The number of nitriles is 1. The molecule has 5 nitrogen and oxygen atoms in total. The van der Waals surface area contributed by atoms with E-state index in [1.807, 2.05) is 6.07 Å². The average molecular weight is 359 g/mol. The number of nitrogens with one attached hydrogen (secondary N) is 1. The second-order valence-corrected chi connectivity index (χ2v) is 7.69. The summed E-state index contributed by atoms with van der Waals surface area (Å²) in [4.78, 5) is 26.6. The lowest BCUT2D eigenvalue weighted by Gasteiger charge is -2.32. The van der Waals surface area contributed by atoms with Gasteiger partial charge in [0.05, 0.1) is 23.0 Å². The van der Waals surface area contributed by atoms with Crippen LogP contribution in [0.3, 0.4) is 0 Å². The summed E-state index contributed by atoms with van der Waals surface area (Å²) < 4.78 is 13.8. The fourth-order valence-electron chi connectivity index (χ4n) is 3.09. The lowest BCUT2D eigenvalue weighted by Crippen LogP contribution is -2.47. The highest BCUT2D eigenvalue weighted by molar-refractivity contribution is 5.88. The number of halogens is 1. The quantitative estimate of drug-likeness (QED) is 0.849. The summed E-state index contributed by atoms with van der Waals surface area (Å²) in [6, 6.07) is 6.12. The molecule has 1 atom stereocenters. The van der Waals surface area contributed by atoms with Gasteiger partial charge in [0, 0.05) is 19.6 Å². The Labute approximate surface area is 154 Å². The van der Waals surface area contributed by atoms with E-state index in [1.54, 1.807) is 27.8 Å². The first-order valence-electron chi connectivity index (χ1n) is 8.92. The van der Waals surface area contributed by atoms with E-state index in [1.165, 1.54) is 17.0 Å².